The van der Waals surface area contributed by atoms with Crippen LogP contribution in [0.25, 0.3) is 0 Å². The molecular formula is C27H42N6O2. The fourth-order valence-electron chi connectivity index (χ4n) is 4.91. The summed E-state index contributed by atoms with van der Waals surface area (Å²) in [6.45, 7) is 8.05. The number of nitrogens with one attached hydrogen (secondary N) is 2. The average molecular weight is 483 g/mol. The van der Waals surface area contributed by atoms with E-state index in [-0.39, 0.29) is 23.9 Å². The molecule has 1 aliphatic carbocycles. The molecule has 192 valence electrons. The Bertz CT molecular complexity index is 951. The zero-order valence-electron chi connectivity index (χ0n) is 22.2. The molecule has 1 saturated carbocycles. The zero-order chi connectivity index (χ0) is 25.5. The van der Waals surface area contributed by atoms with Crippen LogP contribution in [-0.2, 0) is 4.79 Å². The van der Waals surface area contributed by atoms with Crippen molar-refractivity contribution in [1.29, 1.82) is 0 Å². The summed E-state index contributed by atoms with van der Waals surface area (Å²) >= 11 is 0. The van der Waals surface area contributed by atoms with Gasteiger partial charge in [0.1, 0.15) is 12.0 Å². The minimum atomic E-state index is -0.243. The lowest BCUT2D eigenvalue weighted by Gasteiger charge is -2.33. The van der Waals surface area contributed by atoms with E-state index in [1.54, 1.807) is 4.90 Å². The number of aliphatic imine (C=N–C) groups is 1. The molecule has 35 heavy (non-hydrogen) atoms. The van der Waals surface area contributed by atoms with Crippen molar-refractivity contribution in [2.75, 3.05) is 46.1 Å². The number of allylic oxidation sites excluding steroid dienone is 1. The van der Waals surface area contributed by atoms with Crippen LogP contribution < -0.4 is 10.6 Å². The number of hydrogen-bond acceptors (Lipinski definition) is 5. The van der Waals surface area contributed by atoms with Gasteiger partial charge < -0.3 is 25.3 Å². The number of rotatable bonds is 8. The van der Waals surface area contributed by atoms with E-state index < -0.39 is 0 Å². The van der Waals surface area contributed by atoms with Gasteiger partial charge in [-0.2, -0.15) is 0 Å². The summed E-state index contributed by atoms with van der Waals surface area (Å²) < 4.78 is 0. The third kappa shape index (κ3) is 6.84. The number of amides is 2. The van der Waals surface area contributed by atoms with Crippen molar-refractivity contribution in [3.8, 4) is 0 Å². The number of anilines is 1. The van der Waals surface area contributed by atoms with E-state index in [4.69, 9.17) is 4.99 Å². The van der Waals surface area contributed by atoms with Gasteiger partial charge in [-0.3, -0.25) is 9.59 Å². The van der Waals surface area contributed by atoms with E-state index in [2.05, 4.69) is 15.5 Å². The van der Waals surface area contributed by atoms with Crippen LogP contribution in [0.3, 0.4) is 0 Å². The molecule has 1 aromatic rings. The fraction of sp³-hybridized carbons (Fsp3) is 0.593. The summed E-state index contributed by atoms with van der Waals surface area (Å²) in [6, 6.07) is 7.92. The van der Waals surface area contributed by atoms with Crippen LogP contribution in [0, 0.1) is 5.92 Å². The number of nitrogens with zero attached hydrogens (tertiary/aromatic N) is 4. The van der Waals surface area contributed by atoms with Crippen LogP contribution in [0.15, 0.2) is 41.0 Å². The summed E-state index contributed by atoms with van der Waals surface area (Å²) in [5, 5.41) is 6.40. The average Bonchev–Trinajstić information content (AvgIpc) is 3.33. The Labute approximate surface area is 210 Å². The van der Waals surface area contributed by atoms with Crippen LogP contribution in [0.4, 0.5) is 5.69 Å². The standard InChI is InChI=1S/C27H42N6O2/c1-7-24-25(33(23-13-8-9-14-23)18-19(2)27(35)32(24)6)30-20(3)29-22-12-10-11-21(17-22)26(34)28-15-16-31(4)5/h7,10-12,17,19-20,23,29H,8-9,13-16,18H2,1-6H3,(H,28,34)/b24-7+,30-25?. The van der Waals surface area contributed by atoms with Crippen molar-refractivity contribution in [3.63, 3.8) is 0 Å². The van der Waals surface area contributed by atoms with E-state index in [0.717, 1.165) is 36.6 Å². The summed E-state index contributed by atoms with van der Waals surface area (Å²) in [6.07, 6.45) is 6.44. The minimum Gasteiger partial charge on any atom is -0.364 e. The monoisotopic (exact) mass is 482 g/mol. The van der Waals surface area contributed by atoms with Crippen molar-refractivity contribution in [2.45, 2.75) is 58.7 Å². The molecule has 1 aromatic carbocycles. The van der Waals surface area contributed by atoms with Crippen molar-refractivity contribution in [3.05, 3.63) is 41.6 Å². The quantitative estimate of drug-likeness (QED) is 0.594. The third-order valence-electron chi connectivity index (χ3n) is 6.78. The predicted molar refractivity (Wildman–Crippen MR) is 143 cm³/mol. The summed E-state index contributed by atoms with van der Waals surface area (Å²) in [5.41, 5.74) is 2.31. The molecule has 2 unspecified atom stereocenters. The number of benzene rings is 1. The van der Waals surface area contributed by atoms with Gasteiger partial charge in [0.05, 0.1) is 11.6 Å². The Kier molecular flexibility index (Phi) is 9.32. The highest BCUT2D eigenvalue weighted by atomic mass is 16.2. The van der Waals surface area contributed by atoms with Gasteiger partial charge in [0, 0.05) is 44.0 Å². The molecule has 0 spiro atoms. The summed E-state index contributed by atoms with van der Waals surface area (Å²) in [7, 11) is 5.81. The van der Waals surface area contributed by atoms with Gasteiger partial charge in [-0.05, 0) is 59.0 Å². The van der Waals surface area contributed by atoms with E-state index >= 15 is 0 Å². The highest BCUT2D eigenvalue weighted by Crippen LogP contribution is 2.29. The van der Waals surface area contributed by atoms with E-state index in [0.29, 0.717) is 24.7 Å². The number of likely N-dealkylation sites (N-methyl/N-ethyl adjacent to an activating group) is 2. The predicted octanol–water partition coefficient (Wildman–Crippen LogP) is 3.39. The highest BCUT2D eigenvalue weighted by Gasteiger charge is 2.36. The first kappa shape index (κ1) is 26.7. The maximum atomic E-state index is 13.0. The molecular weight excluding hydrogens is 440 g/mol. The van der Waals surface area contributed by atoms with Gasteiger partial charge in [-0.15, -0.1) is 0 Å². The molecule has 8 heteroatoms. The van der Waals surface area contributed by atoms with Crippen molar-refractivity contribution >= 4 is 23.3 Å². The van der Waals surface area contributed by atoms with Crippen LogP contribution in [0.1, 0.15) is 56.8 Å². The van der Waals surface area contributed by atoms with Crippen molar-refractivity contribution < 1.29 is 9.59 Å². The molecule has 1 aliphatic heterocycles. The van der Waals surface area contributed by atoms with Crippen LogP contribution in [-0.4, -0.2) is 85.3 Å². The van der Waals surface area contributed by atoms with Crippen molar-refractivity contribution in [1.82, 2.24) is 20.0 Å². The third-order valence-corrected chi connectivity index (χ3v) is 6.78. The molecule has 2 amide bonds. The Morgan fingerprint density at radius 1 is 1.29 bits per heavy atom. The van der Waals surface area contributed by atoms with Crippen molar-refractivity contribution in [2.24, 2.45) is 10.9 Å². The molecule has 2 atom stereocenters. The molecule has 2 fully saturated rings. The van der Waals surface area contributed by atoms with Crippen LogP contribution in [0.5, 0.6) is 0 Å². The first-order valence-electron chi connectivity index (χ1n) is 12.8. The lowest BCUT2D eigenvalue weighted by molar-refractivity contribution is -0.131. The molecule has 0 aromatic heterocycles. The topological polar surface area (TPSA) is 80.3 Å². The molecule has 1 heterocycles. The van der Waals surface area contributed by atoms with Gasteiger partial charge in [0.15, 0.2) is 0 Å². The SMILES string of the molecule is C/C=C1\C(=NC(C)Nc2cccc(C(=O)NCCN(C)C)c2)N(C2CCCC2)CC(C)C(=O)N1C. The summed E-state index contributed by atoms with van der Waals surface area (Å²) in [5.74, 6) is 0.822. The summed E-state index contributed by atoms with van der Waals surface area (Å²) in [4.78, 5) is 36.8. The van der Waals surface area contributed by atoms with E-state index in [1.807, 2.05) is 77.2 Å². The number of hydrogen-bond donors (Lipinski definition) is 2. The molecule has 3 rings (SSSR count). The lowest BCUT2D eigenvalue weighted by atomic mass is 10.1. The van der Waals surface area contributed by atoms with Gasteiger partial charge >= 0.3 is 0 Å². The molecule has 2 N–H and O–H groups in total. The normalized spacial score (nSPS) is 22.7. The molecule has 1 saturated heterocycles. The second kappa shape index (κ2) is 12.2. The fourth-order valence-corrected chi connectivity index (χ4v) is 4.91. The largest absolute Gasteiger partial charge is 0.364 e. The first-order valence-corrected chi connectivity index (χ1v) is 12.8. The van der Waals surface area contributed by atoms with E-state index in [9.17, 15) is 9.59 Å². The highest BCUT2D eigenvalue weighted by molar-refractivity contribution is 6.03. The molecule has 8 nitrogen and oxygen atoms in total. The number of carbonyl (C=O) groups is 2. The molecule has 0 bridgehead atoms. The second-order valence-corrected chi connectivity index (χ2v) is 9.98. The maximum Gasteiger partial charge on any atom is 0.251 e. The molecule has 0 radical (unpaired) electrons. The Hall–Kier alpha value is -2.87. The van der Waals surface area contributed by atoms with Gasteiger partial charge in [0.25, 0.3) is 5.91 Å². The Morgan fingerprint density at radius 3 is 2.66 bits per heavy atom. The van der Waals surface area contributed by atoms with Gasteiger partial charge in [0.2, 0.25) is 5.91 Å². The number of amidine groups is 1. The Morgan fingerprint density at radius 2 is 2.00 bits per heavy atom. The smallest absolute Gasteiger partial charge is 0.251 e. The van der Waals surface area contributed by atoms with Crippen LogP contribution >= 0.6 is 0 Å². The van der Waals surface area contributed by atoms with Crippen LogP contribution in [0.2, 0.25) is 0 Å². The molecule has 2 aliphatic rings. The lowest BCUT2D eigenvalue weighted by Crippen LogP contribution is -2.42. The zero-order valence-corrected chi connectivity index (χ0v) is 22.2. The van der Waals surface area contributed by atoms with Gasteiger partial charge in [-0.25, -0.2) is 4.99 Å². The van der Waals surface area contributed by atoms with E-state index in [1.165, 1.54) is 12.8 Å². The van der Waals surface area contributed by atoms with Gasteiger partial charge in [-0.1, -0.05) is 31.9 Å². The Balaban J connectivity index is 1.81. The maximum absolute atomic E-state index is 13.0. The second-order valence-electron chi connectivity index (χ2n) is 9.98. The first-order chi connectivity index (χ1) is 16.7. The number of carbonyl (C=O) groups excluding carboxylic acids is 2. The minimum absolute atomic E-state index is 0.0871.